The summed E-state index contributed by atoms with van der Waals surface area (Å²) in [5.41, 5.74) is -2.83. The second kappa shape index (κ2) is 7.32. The molecule has 1 amide bonds. The molecule has 0 atom stereocenters. The lowest BCUT2D eigenvalue weighted by Gasteiger charge is -2.27. The summed E-state index contributed by atoms with van der Waals surface area (Å²) in [5.74, 6) is -0.623. The van der Waals surface area contributed by atoms with E-state index < -0.39 is 35.3 Å². The lowest BCUT2D eigenvalue weighted by atomic mass is 9.94. The molecular formula is C17H15Cl2F3N2O2. The number of nitrogens with zero attached hydrogens (tertiary/aromatic N) is 1. The van der Waals surface area contributed by atoms with Crippen LogP contribution in [0.15, 0.2) is 41.3 Å². The average Bonchev–Trinajstić information content (AvgIpc) is 2.50. The van der Waals surface area contributed by atoms with E-state index in [2.05, 4.69) is 5.32 Å². The maximum Gasteiger partial charge on any atom is 0.421 e. The first-order chi connectivity index (χ1) is 11.9. The van der Waals surface area contributed by atoms with Gasteiger partial charge < -0.3 is 9.88 Å². The molecule has 0 fully saturated rings. The normalized spacial score (nSPS) is 12.1. The van der Waals surface area contributed by atoms with E-state index in [1.165, 1.54) is 0 Å². The second-order valence-corrected chi connectivity index (χ2v) is 6.97. The first-order valence-corrected chi connectivity index (χ1v) is 8.20. The molecule has 2 aromatic rings. The zero-order chi connectivity index (χ0) is 19.7. The molecule has 0 aliphatic carbocycles. The zero-order valence-corrected chi connectivity index (χ0v) is 15.3. The molecule has 4 nitrogen and oxygen atoms in total. The minimum absolute atomic E-state index is 0.306. The third-order valence-electron chi connectivity index (χ3n) is 3.73. The van der Waals surface area contributed by atoms with E-state index in [4.69, 9.17) is 23.2 Å². The van der Waals surface area contributed by atoms with Crippen LogP contribution in [0.2, 0.25) is 10.0 Å². The molecule has 0 bridgehead atoms. The Bertz CT molecular complexity index is 892. The molecule has 1 heterocycles. The van der Waals surface area contributed by atoms with Gasteiger partial charge in [-0.1, -0.05) is 29.3 Å². The van der Waals surface area contributed by atoms with E-state index in [0.29, 0.717) is 26.2 Å². The highest BCUT2D eigenvalue weighted by Gasteiger charge is 2.34. The van der Waals surface area contributed by atoms with E-state index in [1.54, 1.807) is 32.0 Å². The van der Waals surface area contributed by atoms with Crippen molar-refractivity contribution in [3.05, 3.63) is 68.1 Å². The highest BCUT2D eigenvalue weighted by molar-refractivity contribution is 6.42. The highest BCUT2D eigenvalue weighted by atomic mass is 35.5. The number of nitrogens with one attached hydrogen (secondary N) is 1. The van der Waals surface area contributed by atoms with Crippen molar-refractivity contribution in [1.82, 2.24) is 9.88 Å². The molecule has 0 spiro atoms. The van der Waals surface area contributed by atoms with Crippen LogP contribution in [0.3, 0.4) is 0 Å². The molecule has 1 aromatic carbocycles. The number of rotatable bonds is 4. The number of halogens is 5. The van der Waals surface area contributed by atoms with Gasteiger partial charge in [0.25, 0.3) is 5.56 Å². The van der Waals surface area contributed by atoms with E-state index >= 15 is 0 Å². The van der Waals surface area contributed by atoms with Crippen LogP contribution in [0.4, 0.5) is 13.2 Å². The van der Waals surface area contributed by atoms with Crippen LogP contribution >= 0.6 is 23.2 Å². The van der Waals surface area contributed by atoms with Gasteiger partial charge in [0, 0.05) is 6.20 Å². The summed E-state index contributed by atoms with van der Waals surface area (Å²) in [7, 11) is 0. The van der Waals surface area contributed by atoms with Crippen molar-refractivity contribution in [3.8, 4) is 0 Å². The SMILES string of the molecule is CC(C)(NC(=O)Cn1cccc(C(F)(F)F)c1=O)c1ccc(Cl)c(Cl)c1. The molecular weight excluding hydrogens is 392 g/mol. The second-order valence-electron chi connectivity index (χ2n) is 6.15. The van der Waals surface area contributed by atoms with Gasteiger partial charge in [-0.2, -0.15) is 13.2 Å². The number of benzene rings is 1. The molecule has 0 saturated heterocycles. The van der Waals surface area contributed by atoms with Crippen molar-refractivity contribution >= 4 is 29.1 Å². The van der Waals surface area contributed by atoms with Crippen molar-refractivity contribution in [3.63, 3.8) is 0 Å². The Balaban J connectivity index is 2.21. The predicted octanol–water partition coefficient (Wildman–Crippen LogP) is 4.23. The Morgan fingerprint density at radius 2 is 1.81 bits per heavy atom. The van der Waals surface area contributed by atoms with Gasteiger partial charge in [0.15, 0.2) is 0 Å². The zero-order valence-electron chi connectivity index (χ0n) is 13.8. The van der Waals surface area contributed by atoms with E-state index in [0.717, 1.165) is 12.3 Å². The Hall–Kier alpha value is -1.99. The first kappa shape index (κ1) is 20.3. The van der Waals surface area contributed by atoms with E-state index in [1.807, 2.05) is 0 Å². The molecule has 0 radical (unpaired) electrons. The van der Waals surface area contributed by atoms with Crippen LogP contribution in [0.5, 0.6) is 0 Å². The number of pyridine rings is 1. The summed E-state index contributed by atoms with van der Waals surface area (Å²) in [6, 6.07) is 6.58. The maximum atomic E-state index is 12.8. The summed E-state index contributed by atoms with van der Waals surface area (Å²) in [5, 5.41) is 3.33. The topological polar surface area (TPSA) is 51.1 Å². The van der Waals surface area contributed by atoms with Crippen molar-refractivity contribution in [2.24, 2.45) is 0 Å². The van der Waals surface area contributed by atoms with Crippen LogP contribution in [0, 0.1) is 0 Å². The molecule has 2 rings (SSSR count). The van der Waals surface area contributed by atoms with Gasteiger partial charge in [-0.3, -0.25) is 9.59 Å². The van der Waals surface area contributed by atoms with Gasteiger partial charge in [-0.15, -0.1) is 0 Å². The van der Waals surface area contributed by atoms with Gasteiger partial charge >= 0.3 is 6.18 Å². The lowest BCUT2D eigenvalue weighted by molar-refractivity contribution is -0.139. The van der Waals surface area contributed by atoms with Crippen LogP contribution in [-0.4, -0.2) is 10.5 Å². The standard InChI is InChI=1S/C17H15Cl2F3N2O2/c1-16(2,10-5-6-12(18)13(19)8-10)23-14(25)9-24-7-3-4-11(15(24)26)17(20,21)22/h3-8H,9H2,1-2H3,(H,23,25). The van der Waals surface area contributed by atoms with Gasteiger partial charge in [0.05, 0.1) is 15.6 Å². The quantitative estimate of drug-likeness (QED) is 0.825. The van der Waals surface area contributed by atoms with Crippen LogP contribution in [0.25, 0.3) is 0 Å². The van der Waals surface area contributed by atoms with E-state index in [-0.39, 0.29) is 0 Å². The van der Waals surface area contributed by atoms with Crippen LogP contribution in [-0.2, 0) is 23.1 Å². The first-order valence-electron chi connectivity index (χ1n) is 7.45. The molecule has 26 heavy (non-hydrogen) atoms. The summed E-state index contributed by atoms with van der Waals surface area (Å²) in [6.45, 7) is 2.84. The van der Waals surface area contributed by atoms with Crippen LogP contribution in [0.1, 0.15) is 25.0 Å². The number of alkyl halides is 3. The Labute approximate surface area is 157 Å². The Kier molecular flexibility index (Phi) is 5.73. The number of carbonyl (C=O) groups excluding carboxylic acids is 1. The molecule has 0 unspecified atom stereocenters. The lowest BCUT2D eigenvalue weighted by Crippen LogP contribution is -2.44. The monoisotopic (exact) mass is 406 g/mol. The fourth-order valence-corrected chi connectivity index (χ4v) is 2.68. The van der Waals surface area contributed by atoms with E-state index in [9.17, 15) is 22.8 Å². The third kappa shape index (κ3) is 4.59. The Morgan fingerprint density at radius 1 is 1.15 bits per heavy atom. The number of amides is 1. The number of carbonyl (C=O) groups is 1. The molecule has 0 saturated carbocycles. The minimum Gasteiger partial charge on any atom is -0.346 e. The number of hydrogen-bond donors (Lipinski definition) is 1. The Morgan fingerprint density at radius 3 is 2.38 bits per heavy atom. The molecule has 1 aromatic heterocycles. The van der Waals surface area contributed by atoms with Gasteiger partial charge in [-0.25, -0.2) is 0 Å². The fourth-order valence-electron chi connectivity index (χ4n) is 2.38. The predicted molar refractivity (Wildman–Crippen MR) is 93.3 cm³/mol. The molecule has 140 valence electrons. The molecule has 0 aliphatic heterocycles. The minimum atomic E-state index is -4.78. The van der Waals surface area contributed by atoms with Crippen LogP contribution < -0.4 is 10.9 Å². The summed E-state index contributed by atoms with van der Waals surface area (Å²) < 4.78 is 39.1. The summed E-state index contributed by atoms with van der Waals surface area (Å²) >= 11 is 11.8. The highest BCUT2D eigenvalue weighted by Crippen LogP contribution is 2.28. The van der Waals surface area contributed by atoms with Gasteiger partial charge in [0.1, 0.15) is 12.1 Å². The summed E-state index contributed by atoms with van der Waals surface area (Å²) in [4.78, 5) is 24.2. The fraction of sp³-hybridized carbons (Fsp3) is 0.294. The van der Waals surface area contributed by atoms with Crippen molar-refractivity contribution in [2.45, 2.75) is 32.1 Å². The third-order valence-corrected chi connectivity index (χ3v) is 4.47. The summed E-state index contributed by atoms with van der Waals surface area (Å²) in [6.07, 6.45) is -3.65. The average molecular weight is 407 g/mol. The largest absolute Gasteiger partial charge is 0.421 e. The smallest absolute Gasteiger partial charge is 0.346 e. The van der Waals surface area contributed by atoms with Gasteiger partial charge in [0.2, 0.25) is 5.91 Å². The molecule has 0 aliphatic rings. The molecule has 1 N–H and O–H groups in total. The van der Waals surface area contributed by atoms with Gasteiger partial charge in [-0.05, 0) is 43.7 Å². The number of aromatic nitrogens is 1. The maximum absolute atomic E-state index is 12.8. The van der Waals surface area contributed by atoms with Crippen molar-refractivity contribution in [2.75, 3.05) is 0 Å². The number of hydrogen-bond acceptors (Lipinski definition) is 2. The van der Waals surface area contributed by atoms with Crippen molar-refractivity contribution < 1.29 is 18.0 Å². The van der Waals surface area contributed by atoms with Crippen molar-refractivity contribution in [1.29, 1.82) is 0 Å². The molecule has 9 heteroatoms.